The number of nitrogens with zero attached hydrogens (tertiary/aromatic N) is 1. The van der Waals surface area contributed by atoms with Crippen molar-refractivity contribution in [1.82, 2.24) is 10.5 Å². The van der Waals surface area contributed by atoms with Gasteiger partial charge in [-0.1, -0.05) is 41.0 Å². The fraction of sp³-hybridized carbons (Fsp3) is 0.158. The lowest BCUT2D eigenvalue weighted by molar-refractivity contribution is -0.121. The molecule has 0 spiro atoms. The summed E-state index contributed by atoms with van der Waals surface area (Å²) >= 11 is 6.10. The van der Waals surface area contributed by atoms with Crippen LogP contribution in [0.25, 0.3) is 0 Å². The molecule has 1 atom stereocenters. The second-order valence-corrected chi connectivity index (χ2v) is 6.11. The van der Waals surface area contributed by atoms with Gasteiger partial charge in [-0.25, -0.2) is 0 Å². The van der Waals surface area contributed by atoms with E-state index in [-0.39, 0.29) is 24.0 Å². The molecule has 0 aliphatic heterocycles. The van der Waals surface area contributed by atoms with Gasteiger partial charge in [0.05, 0.1) is 6.54 Å². The van der Waals surface area contributed by atoms with Crippen LogP contribution in [0, 0.1) is 0 Å². The third-order valence-corrected chi connectivity index (χ3v) is 4.11. The summed E-state index contributed by atoms with van der Waals surface area (Å²) in [6.07, 6.45) is 1.69. The average Bonchev–Trinajstić information content (AvgIpc) is 3.11. The van der Waals surface area contributed by atoms with Gasteiger partial charge in [-0.2, -0.15) is 0 Å². The largest absolute Gasteiger partial charge is 0.508 e. The summed E-state index contributed by atoms with van der Waals surface area (Å²) in [5, 5.41) is 17.0. The Bertz CT molecular complexity index is 804. The molecule has 128 valence electrons. The number of hydrogen-bond acceptors (Lipinski definition) is 4. The zero-order chi connectivity index (χ0) is 17.6. The van der Waals surface area contributed by atoms with Crippen molar-refractivity contribution >= 4 is 17.5 Å². The van der Waals surface area contributed by atoms with Crippen LogP contribution < -0.4 is 5.32 Å². The van der Waals surface area contributed by atoms with Gasteiger partial charge in [0, 0.05) is 23.4 Å². The van der Waals surface area contributed by atoms with Gasteiger partial charge < -0.3 is 14.9 Å². The van der Waals surface area contributed by atoms with E-state index in [1.54, 1.807) is 30.3 Å². The van der Waals surface area contributed by atoms with Gasteiger partial charge >= 0.3 is 0 Å². The van der Waals surface area contributed by atoms with Crippen LogP contribution in [0.5, 0.6) is 5.75 Å². The van der Waals surface area contributed by atoms with Crippen molar-refractivity contribution in [2.24, 2.45) is 0 Å². The van der Waals surface area contributed by atoms with Gasteiger partial charge in [-0.15, -0.1) is 0 Å². The summed E-state index contributed by atoms with van der Waals surface area (Å²) in [7, 11) is 0. The van der Waals surface area contributed by atoms with E-state index in [9.17, 15) is 9.90 Å². The number of halogens is 1. The van der Waals surface area contributed by atoms with Gasteiger partial charge in [0.1, 0.15) is 17.7 Å². The summed E-state index contributed by atoms with van der Waals surface area (Å²) in [6, 6.07) is 16.0. The maximum absolute atomic E-state index is 12.4. The Labute approximate surface area is 150 Å². The van der Waals surface area contributed by atoms with Crippen molar-refractivity contribution < 1.29 is 14.4 Å². The molecule has 2 N–H and O–H groups in total. The number of phenolic OH excluding ortho intramolecular Hbond substituents is 1. The van der Waals surface area contributed by atoms with Gasteiger partial charge in [0.25, 0.3) is 0 Å². The van der Waals surface area contributed by atoms with E-state index in [0.717, 1.165) is 11.1 Å². The molecule has 5 nitrogen and oxygen atoms in total. The van der Waals surface area contributed by atoms with Crippen LogP contribution in [0.2, 0.25) is 5.02 Å². The zero-order valence-electron chi connectivity index (χ0n) is 13.4. The van der Waals surface area contributed by atoms with Crippen molar-refractivity contribution in [3.63, 3.8) is 0 Å². The zero-order valence-corrected chi connectivity index (χ0v) is 14.1. The molecule has 0 radical (unpaired) electrons. The predicted molar refractivity (Wildman–Crippen MR) is 94.4 cm³/mol. The first-order valence-electron chi connectivity index (χ1n) is 7.82. The molecule has 0 fully saturated rings. The van der Waals surface area contributed by atoms with Crippen molar-refractivity contribution in [3.05, 3.63) is 82.7 Å². The molecular weight excluding hydrogens is 340 g/mol. The highest BCUT2D eigenvalue weighted by Gasteiger charge is 2.19. The number of hydrogen-bond donors (Lipinski definition) is 2. The Morgan fingerprint density at radius 2 is 1.92 bits per heavy atom. The van der Waals surface area contributed by atoms with Gasteiger partial charge in [0.2, 0.25) is 5.91 Å². The first kappa shape index (κ1) is 17.0. The molecule has 1 aromatic heterocycles. The minimum atomic E-state index is -0.219. The number of aromatic hydroxyl groups is 1. The lowest BCUT2D eigenvalue weighted by atomic mass is 9.88. The smallest absolute Gasteiger partial charge is 0.221 e. The van der Waals surface area contributed by atoms with Crippen molar-refractivity contribution in [2.45, 2.75) is 18.9 Å². The number of nitrogens with one attached hydrogen (secondary N) is 1. The molecule has 3 rings (SSSR count). The summed E-state index contributed by atoms with van der Waals surface area (Å²) < 4.78 is 4.75. The van der Waals surface area contributed by atoms with Gasteiger partial charge in [0.15, 0.2) is 0 Å². The van der Waals surface area contributed by atoms with Crippen molar-refractivity contribution in [2.75, 3.05) is 0 Å². The molecule has 0 aliphatic rings. The molecule has 1 heterocycles. The van der Waals surface area contributed by atoms with Crippen LogP contribution in [-0.4, -0.2) is 16.2 Å². The van der Waals surface area contributed by atoms with Gasteiger partial charge in [-0.3, -0.25) is 4.79 Å². The summed E-state index contributed by atoms with van der Waals surface area (Å²) in [4.78, 5) is 12.4. The van der Waals surface area contributed by atoms with E-state index in [1.807, 2.05) is 24.3 Å². The normalized spacial score (nSPS) is 11.9. The highest BCUT2D eigenvalue weighted by atomic mass is 35.5. The van der Waals surface area contributed by atoms with Crippen LogP contribution in [0.1, 0.15) is 29.2 Å². The Morgan fingerprint density at radius 3 is 2.60 bits per heavy atom. The lowest BCUT2D eigenvalue weighted by Crippen LogP contribution is -2.25. The number of phenols is 1. The fourth-order valence-corrected chi connectivity index (χ4v) is 2.87. The van der Waals surface area contributed by atoms with E-state index in [2.05, 4.69) is 10.5 Å². The molecule has 1 amide bonds. The standard InChI is InChI=1S/C19H17ClN2O3/c20-15-5-1-3-13(9-15)18(14-4-2-6-17(23)10-14)11-19(24)21-12-16-7-8-25-22-16/h1-10,18,23H,11-12H2,(H,21,24)/t18-/m0/s1. The average molecular weight is 357 g/mol. The second-order valence-electron chi connectivity index (χ2n) is 5.67. The van der Waals surface area contributed by atoms with Crippen LogP contribution >= 0.6 is 11.6 Å². The number of carbonyl (C=O) groups is 1. The Hall–Kier alpha value is -2.79. The van der Waals surface area contributed by atoms with Gasteiger partial charge in [-0.05, 0) is 35.4 Å². The highest BCUT2D eigenvalue weighted by Crippen LogP contribution is 2.31. The topological polar surface area (TPSA) is 75.4 Å². The van der Waals surface area contributed by atoms with Crippen LogP contribution in [-0.2, 0) is 11.3 Å². The molecule has 0 saturated carbocycles. The Balaban J connectivity index is 1.80. The molecule has 0 aliphatic carbocycles. The summed E-state index contributed by atoms with van der Waals surface area (Å²) in [5.41, 5.74) is 2.42. The lowest BCUT2D eigenvalue weighted by Gasteiger charge is -2.18. The minimum Gasteiger partial charge on any atom is -0.508 e. The first-order chi connectivity index (χ1) is 12.1. The molecule has 6 heteroatoms. The summed E-state index contributed by atoms with van der Waals surface area (Å²) in [5.74, 6) is -0.188. The highest BCUT2D eigenvalue weighted by molar-refractivity contribution is 6.30. The molecule has 0 unspecified atom stereocenters. The van der Waals surface area contributed by atoms with Crippen LogP contribution in [0.15, 0.2) is 65.4 Å². The number of amides is 1. The van der Waals surface area contributed by atoms with E-state index in [4.69, 9.17) is 16.1 Å². The van der Waals surface area contributed by atoms with E-state index < -0.39 is 0 Å². The van der Waals surface area contributed by atoms with E-state index >= 15 is 0 Å². The summed E-state index contributed by atoms with van der Waals surface area (Å²) in [6.45, 7) is 0.303. The fourth-order valence-electron chi connectivity index (χ4n) is 2.67. The minimum absolute atomic E-state index is 0.128. The van der Waals surface area contributed by atoms with Crippen LogP contribution in [0.3, 0.4) is 0 Å². The maximum atomic E-state index is 12.4. The Kier molecular flexibility index (Phi) is 5.36. The maximum Gasteiger partial charge on any atom is 0.221 e. The molecule has 0 bridgehead atoms. The third kappa shape index (κ3) is 4.61. The number of benzene rings is 2. The second kappa shape index (κ2) is 7.85. The number of rotatable bonds is 6. The van der Waals surface area contributed by atoms with Crippen LogP contribution in [0.4, 0.5) is 0 Å². The third-order valence-electron chi connectivity index (χ3n) is 3.87. The number of aromatic nitrogens is 1. The van der Waals surface area contributed by atoms with E-state index in [1.165, 1.54) is 6.26 Å². The molecule has 25 heavy (non-hydrogen) atoms. The molecular formula is C19H17ClN2O3. The van der Waals surface area contributed by atoms with Crippen molar-refractivity contribution in [3.8, 4) is 5.75 Å². The number of carbonyl (C=O) groups excluding carboxylic acids is 1. The quantitative estimate of drug-likeness (QED) is 0.703. The monoisotopic (exact) mass is 356 g/mol. The Morgan fingerprint density at radius 1 is 1.16 bits per heavy atom. The first-order valence-corrected chi connectivity index (χ1v) is 8.20. The molecule has 2 aromatic carbocycles. The molecule has 0 saturated heterocycles. The predicted octanol–water partition coefficient (Wildman–Crippen LogP) is 3.87. The van der Waals surface area contributed by atoms with E-state index in [0.29, 0.717) is 17.3 Å². The SMILES string of the molecule is O=C(C[C@H](c1cccc(O)c1)c1cccc(Cl)c1)NCc1ccon1. The van der Waals surface area contributed by atoms with Crippen molar-refractivity contribution in [1.29, 1.82) is 0 Å². The molecule has 3 aromatic rings.